The van der Waals surface area contributed by atoms with Gasteiger partial charge in [-0.05, 0) is 61.9 Å². The van der Waals surface area contributed by atoms with E-state index < -0.39 is 9.84 Å². The van der Waals surface area contributed by atoms with Gasteiger partial charge < -0.3 is 21.5 Å². The molecule has 6 rings (SSSR count). The summed E-state index contributed by atoms with van der Waals surface area (Å²) in [5, 5.41) is 19.8. The van der Waals surface area contributed by atoms with Crippen LogP contribution in [0.2, 0.25) is 0 Å². The van der Waals surface area contributed by atoms with Crippen molar-refractivity contribution in [3.63, 3.8) is 0 Å². The molecular weight excluding hydrogens is 617 g/mol. The number of nitrogens with one attached hydrogen (secondary N) is 4. The minimum absolute atomic E-state index is 0.0666. The van der Waals surface area contributed by atoms with Gasteiger partial charge in [0.1, 0.15) is 0 Å². The maximum Gasteiger partial charge on any atom is 0.260 e. The zero-order valence-corrected chi connectivity index (χ0v) is 27.3. The maximum atomic E-state index is 12.0. The lowest BCUT2D eigenvalue weighted by Crippen LogP contribution is -2.14. The van der Waals surface area contributed by atoms with Crippen molar-refractivity contribution in [1.82, 2.24) is 9.36 Å². The normalized spacial score (nSPS) is 12.4. The highest BCUT2D eigenvalue weighted by atomic mass is 32.2. The van der Waals surface area contributed by atoms with Gasteiger partial charge in [0, 0.05) is 56.2 Å². The van der Waals surface area contributed by atoms with Crippen LogP contribution in [-0.4, -0.2) is 29.6 Å². The summed E-state index contributed by atoms with van der Waals surface area (Å²) in [5.41, 5.74) is 12.4. The molecule has 234 valence electrons. The molecule has 12 heteroatoms. The topological polar surface area (TPSA) is 133 Å². The molecule has 0 aliphatic heterocycles. The predicted octanol–water partition coefficient (Wildman–Crippen LogP) is 9.45. The molecule has 46 heavy (non-hydrogen) atoms. The quantitative estimate of drug-likeness (QED) is 0.0760. The minimum Gasteiger partial charge on any atom is -0.382 e. The number of fused-ring (bicyclic) bond motifs is 2. The van der Waals surface area contributed by atoms with Gasteiger partial charge in [-0.1, -0.05) is 62.4 Å². The highest BCUT2D eigenvalue weighted by molar-refractivity contribution is 7.91. The Bertz CT molecular complexity index is 2130. The summed E-state index contributed by atoms with van der Waals surface area (Å²) in [7, 11) is -3.48. The molecule has 4 N–H and O–H groups in total. The maximum absolute atomic E-state index is 12.0. The molecule has 0 aliphatic rings. The second-order valence-electron chi connectivity index (χ2n) is 10.8. The van der Waals surface area contributed by atoms with Gasteiger partial charge in [-0.15, -0.1) is 10.2 Å². The van der Waals surface area contributed by atoms with Crippen LogP contribution in [0, 0.1) is 0 Å². The predicted molar refractivity (Wildman–Crippen MR) is 190 cm³/mol. The lowest BCUT2D eigenvalue weighted by Gasteiger charge is -2.19. The number of sulfone groups is 1. The summed E-state index contributed by atoms with van der Waals surface area (Å²) in [5.74, 6) is -0.0666. The zero-order chi connectivity index (χ0) is 32.1. The van der Waals surface area contributed by atoms with E-state index in [4.69, 9.17) is 0 Å². The third-order valence-electron chi connectivity index (χ3n) is 7.65. The molecule has 1 unspecified atom stereocenters. The van der Waals surface area contributed by atoms with Gasteiger partial charge in [0.25, 0.3) is 5.16 Å². The molecule has 6 aromatic rings. The van der Waals surface area contributed by atoms with E-state index in [-0.39, 0.29) is 16.0 Å². The summed E-state index contributed by atoms with van der Waals surface area (Å²) < 4.78 is 27.8. The molecular formula is C34H34N8O2S2. The van der Waals surface area contributed by atoms with Crippen molar-refractivity contribution >= 4 is 82.2 Å². The van der Waals surface area contributed by atoms with Crippen molar-refractivity contribution < 1.29 is 8.42 Å². The second kappa shape index (κ2) is 13.5. The lowest BCUT2D eigenvalue weighted by atomic mass is 10.1. The highest BCUT2D eigenvalue weighted by Crippen LogP contribution is 2.34. The fourth-order valence-electron chi connectivity index (χ4n) is 4.92. The monoisotopic (exact) mass is 650 g/mol. The second-order valence-corrected chi connectivity index (χ2v) is 13.7. The molecule has 1 aromatic heterocycles. The van der Waals surface area contributed by atoms with E-state index in [2.05, 4.69) is 116 Å². The lowest BCUT2D eigenvalue weighted by molar-refractivity contribution is 0.590. The van der Waals surface area contributed by atoms with Crippen LogP contribution in [-0.2, 0) is 9.84 Å². The molecule has 10 nitrogen and oxygen atoms in total. The Hall–Kier alpha value is -5.07. The van der Waals surface area contributed by atoms with Gasteiger partial charge in [0.2, 0.25) is 15.0 Å². The third-order valence-corrected chi connectivity index (χ3v) is 9.86. The Kier molecular flexibility index (Phi) is 9.08. The number of nitrogens with zero attached hydrogens (tertiary/aromatic N) is 4. The number of aromatic nitrogens is 2. The van der Waals surface area contributed by atoms with Gasteiger partial charge in [0.05, 0.1) is 22.8 Å². The summed E-state index contributed by atoms with van der Waals surface area (Å²) in [4.78, 5) is 3.97. The largest absolute Gasteiger partial charge is 0.382 e. The standard InChI is InChI=1S/C34H34N8O2S2/c1-4-22(3)35-29-18-20-31(27-12-8-6-10-25(27)29)39-40-32-21-19-30(26-11-7-9-13-28(26)32)36-23-14-16-24(17-15-23)38-41-33-37-34(42-45-33)46(43,44)5-2/h6-22,35-36,39-40H,4-5H2,1-3H3. The first-order chi connectivity index (χ1) is 22.3. The van der Waals surface area contributed by atoms with Gasteiger partial charge in [-0.25, -0.2) is 8.42 Å². The summed E-state index contributed by atoms with van der Waals surface area (Å²) in [6.45, 7) is 5.92. The molecule has 1 heterocycles. The molecule has 0 fully saturated rings. The van der Waals surface area contributed by atoms with Gasteiger partial charge in [-0.2, -0.15) is 9.36 Å². The Morgan fingerprint density at radius 1 is 0.717 bits per heavy atom. The first kappa shape index (κ1) is 30.9. The number of benzene rings is 5. The van der Waals surface area contributed by atoms with E-state index in [1.165, 1.54) is 5.39 Å². The number of azo groups is 1. The van der Waals surface area contributed by atoms with Gasteiger partial charge in [0.15, 0.2) is 0 Å². The zero-order valence-electron chi connectivity index (χ0n) is 25.7. The van der Waals surface area contributed by atoms with E-state index in [9.17, 15) is 8.42 Å². The van der Waals surface area contributed by atoms with E-state index in [0.29, 0.717) is 11.7 Å². The highest BCUT2D eigenvalue weighted by Gasteiger charge is 2.18. The van der Waals surface area contributed by atoms with E-state index in [1.54, 1.807) is 6.92 Å². The van der Waals surface area contributed by atoms with Crippen LogP contribution in [0.15, 0.2) is 112 Å². The first-order valence-corrected chi connectivity index (χ1v) is 17.4. The Balaban J connectivity index is 1.17. The van der Waals surface area contributed by atoms with Crippen molar-refractivity contribution in [3.05, 3.63) is 97.1 Å². The van der Waals surface area contributed by atoms with Crippen LogP contribution in [0.4, 0.5) is 39.3 Å². The van der Waals surface area contributed by atoms with Crippen LogP contribution < -0.4 is 21.5 Å². The number of rotatable bonds is 12. The van der Waals surface area contributed by atoms with Crippen LogP contribution in [0.25, 0.3) is 21.5 Å². The Morgan fingerprint density at radius 3 is 1.85 bits per heavy atom. The molecule has 0 saturated heterocycles. The van der Waals surface area contributed by atoms with Crippen molar-refractivity contribution in [2.75, 3.05) is 27.2 Å². The molecule has 0 radical (unpaired) electrons. The minimum atomic E-state index is -3.48. The summed E-state index contributed by atoms with van der Waals surface area (Å²) >= 11 is 0.898. The molecule has 0 bridgehead atoms. The van der Waals surface area contributed by atoms with E-state index in [1.807, 2.05) is 36.4 Å². The van der Waals surface area contributed by atoms with E-state index in [0.717, 1.165) is 62.5 Å². The number of hydrogen-bond donors (Lipinski definition) is 4. The summed E-state index contributed by atoms with van der Waals surface area (Å²) in [6.07, 6.45) is 1.05. The van der Waals surface area contributed by atoms with E-state index >= 15 is 0 Å². The van der Waals surface area contributed by atoms with Crippen LogP contribution in [0.5, 0.6) is 0 Å². The number of hydrazine groups is 1. The van der Waals surface area contributed by atoms with Crippen molar-refractivity contribution in [2.24, 2.45) is 10.2 Å². The summed E-state index contributed by atoms with van der Waals surface area (Å²) in [6, 6.07) is 32.8. The van der Waals surface area contributed by atoms with Crippen molar-refractivity contribution in [2.45, 2.75) is 38.4 Å². The average Bonchev–Trinajstić information content (AvgIpc) is 3.58. The smallest absolute Gasteiger partial charge is 0.260 e. The molecule has 0 amide bonds. The number of hydrogen-bond acceptors (Lipinski definition) is 11. The molecule has 1 atom stereocenters. The Labute approximate surface area is 272 Å². The molecule has 5 aromatic carbocycles. The van der Waals surface area contributed by atoms with Gasteiger partial charge >= 0.3 is 0 Å². The first-order valence-electron chi connectivity index (χ1n) is 15.0. The molecule has 0 spiro atoms. The van der Waals surface area contributed by atoms with Crippen molar-refractivity contribution in [3.8, 4) is 0 Å². The molecule has 0 saturated carbocycles. The SMILES string of the molecule is CCC(C)Nc1ccc(NNc2ccc(Nc3ccc(N=Nc4nc(S(=O)(=O)CC)ns4)cc3)c3ccccc23)c2ccccc12. The third kappa shape index (κ3) is 6.77. The fourth-order valence-corrected chi connectivity index (χ4v) is 6.43. The van der Waals surface area contributed by atoms with Crippen LogP contribution in [0.3, 0.4) is 0 Å². The van der Waals surface area contributed by atoms with Crippen LogP contribution in [0.1, 0.15) is 27.2 Å². The molecule has 0 aliphatic carbocycles. The Morgan fingerprint density at radius 2 is 1.26 bits per heavy atom. The van der Waals surface area contributed by atoms with Crippen molar-refractivity contribution in [1.29, 1.82) is 0 Å². The average molecular weight is 651 g/mol. The van der Waals surface area contributed by atoms with Crippen LogP contribution >= 0.6 is 11.5 Å². The fraction of sp³-hybridized carbons (Fsp3) is 0.176. The van der Waals surface area contributed by atoms with Gasteiger partial charge in [-0.3, -0.25) is 0 Å². The number of anilines is 5.